The first-order chi connectivity index (χ1) is 8.73. The molecule has 1 aliphatic heterocycles. The fourth-order valence-corrected chi connectivity index (χ4v) is 3.25. The first-order valence-electron chi connectivity index (χ1n) is 5.70. The third kappa shape index (κ3) is 1.97. The van der Waals surface area contributed by atoms with E-state index in [9.17, 15) is 0 Å². The molecule has 2 aromatic rings. The second kappa shape index (κ2) is 4.66. The van der Waals surface area contributed by atoms with Crippen LogP contribution in [0.3, 0.4) is 0 Å². The Morgan fingerprint density at radius 3 is 2.83 bits per heavy atom. The van der Waals surface area contributed by atoms with Crippen molar-refractivity contribution in [1.29, 1.82) is 0 Å². The van der Waals surface area contributed by atoms with Crippen molar-refractivity contribution in [3.63, 3.8) is 0 Å². The van der Waals surface area contributed by atoms with Gasteiger partial charge in [-0.2, -0.15) is 0 Å². The molecule has 0 aliphatic carbocycles. The maximum absolute atomic E-state index is 5.93. The Bertz CT molecular complexity index is 594. The molecule has 3 rings (SSSR count). The van der Waals surface area contributed by atoms with Crippen LogP contribution in [0.4, 0.5) is 0 Å². The van der Waals surface area contributed by atoms with Crippen molar-refractivity contribution in [1.82, 2.24) is 0 Å². The van der Waals surface area contributed by atoms with Gasteiger partial charge in [0, 0.05) is 9.99 Å². The van der Waals surface area contributed by atoms with Crippen LogP contribution in [0.5, 0.6) is 5.75 Å². The molecule has 0 N–H and O–H groups in total. The predicted octanol–water partition coefficient (Wildman–Crippen LogP) is 4.24. The molecule has 4 heteroatoms. The Balaban J connectivity index is 2.13. The van der Waals surface area contributed by atoms with Crippen molar-refractivity contribution in [2.45, 2.75) is 12.5 Å². The van der Waals surface area contributed by atoms with E-state index in [0.717, 1.165) is 21.0 Å². The van der Waals surface area contributed by atoms with Gasteiger partial charge < -0.3 is 4.74 Å². The Morgan fingerprint density at radius 1 is 1.28 bits per heavy atom. The summed E-state index contributed by atoms with van der Waals surface area (Å²) in [6.45, 7) is 2.16. The fourth-order valence-electron chi connectivity index (χ4n) is 2.02. The highest BCUT2D eigenvalue weighted by Gasteiger charge is 2.33. The summed E-state index contributed by atoms with van der Waals surface area (Å²) in [7, 11) is 0. The van der Waals surface area contributed by atoms with Gasteiger partial charge in [-0.25, -0.2) is 4.99 Å². The van der Waals surface area contributed by atoms with Crippen LogP contribution in [0, 0.1) is 0 Å². The topological polar surface area (TPSA) is 21.6 Å². The summed E-state index contributed by atoms with van der Waals surface area (Å²) in [6.07, 6.45) is 0. The van der Waals surface area contributed by atoms with Gasteiger partial charge in [0.15, 0.2) is 0 Å². The predicted molar refractivity (Wildman–Crippen MR) is 84.2 cm³/mol. The van der Waals surface area contributed by atoms with Crippen LogP contribution in [-0.2, 0) is 5.54 Å². The van der Waals surface area contributed by atoms with Crippen molar-refractivity contribution >= 4 is 39.8 Å². The lowest BCUT2D eigenvalue weighted by atomic mass is 9.93. The number of rotatable bonds is 2. The molecule has 0 radical (unpaired) electrons. The molecule has 1 unspecified atom stereocenters. The first-order valence-corrected chi connectivity index (χ1v) is 8.10. The summed E-state index contributed by atoms with van der Waals surface area (Å²) in [5, 5.41) is 2.04. The number of hydrogen-bond acceptors (Lipinski definition) is 3. The van der Waals surface area contributed by atoms with Gasteiger partial charge in [-0.05, 0) is 24.4 Å². The molecular weight excluding hydrogens is 357 g/mol. The normalized spacial score (nSPS) is 22.0. The first kappa shape index (κ1) is 12.2. The minimum Gasteiger partial charge on any atom is -0.438 e. The van der Waals surface area contributed by atoms with Crippen molar-refractivity contribution in [3.05, 3.63) is 52.2 Å². The molecule has 0 spiro atoms. The smallest absolute Gasteiger partial charge is 0.233 e. The van der Waals surface area contributed by atoms with E-state index in [2.05, 4.69) is 35.6 Å². The van der Waals surface area contributed by atoms with Gasteiger partial charge in [0.2, 0.25) is 5.90 Å². The van der Waals surface area contributed by atoms with Crippen LogP contribution >= 0.6 is 33.9 Å². The molecule has 18 heavy (non-hydrogen) atoms. The zero-order chi connectivity index (χ0) is 12.6. The summed E-state index contributed by atoms with van der Waals surface area (Å²) in [5.41, 5.74) is 0.967. The highest BCUT2D eigenvalue weighted by Crippen LogP contribution is 2.39. The lowest BCUT2D eigenvalue weighted by Crippen LogP contribution is -2.30. The minimum atomic E-state index is -0.200. The van der Waals surface area contributed by atoms with Crippen molar-refractivity contribution < 1.29 is 4.74 Å². The number of alkyl halides is 1. The summed E-state index contributed by atoms with van der Waals surface area (Å²) in [5.74, 6) is 1.66. The second-order valence-electron chi connectivity index (χ2n) is 4.40. The number of thiophene rings is 1. The van der Waals surface area contributed by atoms with Crippen molar-refractivity contribution in [2.24, 2.45) is 4.99 Å². The van der Waals surface area contributed by atoms with E-state index in [1.807, 2.05) is 35.7 Å². The van der Waals surface area contributed by atoms with Crippen LogP contribution in [0.2, 0.25) is 0 Å². The standard InChI is InChI=1S/C14H12INOS/c1-14(9-15)10-5-2-3-6-11(10)17-13(16-14)12-7-4-8-18-12/h2-8H,9H2,1H3. The van der Waals surface area contributed by atoms with E-state index in [4.69, 9.17) is 9.73 Å². The van der Waals surface area contributed by atoms with E-state index in [1.165, 1.54) is 5.56 Å². The van der Waals surface area contributed by atoms with Gasteiger partial charge in [0.25, 0.3) is 0 Å². The zero-order valence-electron chi connectivity index (χ0n) is 9.89. The summed E-state index contributed by atoms with van der Waals surface area (Å²) in [4.78, 5) is 5.90. The molecule has 2 heterocycles. The van der Waals surface area contributed by atoms with Crippen LogP contribution in [0.1, 0.15) is 17.4 Å². The molecule has 0 fully saturated rings. The molecule has 1 aromatic carbocycles. The Morgan fingerprint density at radius 2 is 2.11 bits per heavy atom. The SMILES string of the molecule is CC1(CI)N=C(c2cccs2)Oc2ccccc21. The number of hydrogen-bond donors (Lipinski definition) is 0. The lowest BCUT2D eigenvalue weighted by molar-refractivity contribution is 0.450. The molecule has 2 nitrogen and oxygen atoms in total. The minimum absolute atomic E-state index is 0.200. The van der Waals surface area contributed by atoms with E-state index >= 15 is 0 Å². The zero-order valence-corrected chi connectivity index (χ0v) is 12.9. The average molecular weight is 369 g/mol. The summed E-state index contributed by atoms with van der Waals surface area (Å²) >= 11 is 4.05. The highest BCUT2D eigenvalue weighted by atomic mass is 127. The van der Waals surface area contributed by atoms with E-state index in [-0.39, 0.29) is 5.54 Å². The Kier molecular flexibility index (Phi) is 3.15. The van der Waals surface area contributed by atoms with Crippen LogP contribution in [0.15, 0.2) is 46.8 Å². The van der Waals surface area contributed by atoms with Gasteiger partial charge in [0.05, 0.1) is 10.4 Å². The summed E-state index contributed by atoms with van der Waals surface area (Å²) in [6, 6.07) is 12.2. The number of ether oxygens (including phenoxy) is 1. The quantitative estimate of drug-likeness (QED) is 0.573. The van der Waals surface area contributed by atoms with Gasteiger partial charge in [-0.15, -0.1) is 11.3 Å². The van der Waals surface area contributed by atoms with Crippen LogP contribution < -0.4 is 4.74 Å². The molecule has 0 bridgehead atoms. The second-order valence-corrected chi connectivity index (χ2v) is 6.11. The number of halogens is 1. The molecule has 1 atom stereocenters. The van der Waals surface area contributed by atoms with E-state index in [0.29, 0.717) is 0 Å². The largest absolute Gasteiger partial charge is 0.438 e. The molecule has 1 aliphatic rings. The maximum Gasteiger partial charge on any atom is 0.233 e. The Hall–Kier alpha value is -0.880. The van der Waals surface area contributed by atoms with E-state index < -0.39 is 0 Å². The number of fused-ring (bicyclic) bond motifs is 1. The van der Waals surface area contributed by atoms with Crippen LogP contribution in [0.25, 0.3) is 0 Å². The summed E-state index contributed by atoms with van der Waals surface area (Å²) < 4.78 is 6.86. The monoisotopic (exact) mass is 369 g/mol. The van der Waals surface area contributed by atoms with Gasteiger partial charge in [-0.1, -0.05) is 46.9 Å². The number of nitrogens with zero attached hydrogens (tertiary/aromatic N) is 1. The molecule has 0 saturated heterocycles. The molecule has 0 saturated carbocycles. The van der Waals surface area contributed by atoms with Crippen LogP contribution in [-0.4, -0.2) is 10.3 Å². The number of benzene rings is 1. The number of aliphatic imine (C=N–C) groups is 1. The van der Waals surface area contributed by atoms with Gasteiger partial charge in [-0.3, -0.25) is 0 Å². The van der Waals surface area contributed by atoms with Gasteiger partial charge in [0.1, 0.15) is 5.75 Å². The van der Waals surface area contributed by atoms with Gasteiger partial charge >= 0.3 is 0 Å². The molecule has 92 valence electrons. The highest BCUT2D eigenvalue weighted by molar-refractivity contribution is 14.1. The van der Waals surface area contributed by atoms with Crippen molar-refractivity contribution in [2.75, 3.05) is 4.43 Å². The van der Waals surface area contributed by atoms with E-state index in [1.54, 1.807) is 11.3 Å². The Labute approximate surface area is 124 Å². The lowest BCUT2D eigenvalue weighted by Gasteiger charge is -2.30. The van der Waals surface area contributed by atoms with Crippen molar-refractivity contribution in [3.8, 4) is 5.75 Å². The number of para-hydroxylation sites is 1. The third-order valence-corrected chi connectivity index (χ3v) is 5.36. The maximum atomic E-state index is 5.93. The molecule has 0 amide bonds. The fraction of sp³-hybridized carbons (Fsp3) is 0.214. The third-order valence-electron chi connectivity index (χ3n) is 3.01. The average Bonchev–Trinajstić information content (AvgIpc) is 2.93. The molecule has 1 aromatic heterocycles. The molecular formula is C14H12INOS.